The third-order valence-electron chi connectivity index (χ3n) is 3.28. The lowest BCUT2D eigenvalue weighted by Gasteiger charge is -2.18. The average Bonchev–Trinajstić information content (AvgIpc) is 3.14. The number of fused-ring (bicyclic) bond motifs is 1. The normalized spacial score (nSPS) is 12.7. The van der Waals surface area contributed by atoms with E-state index in [9.17, 15) is 0 Å². The maximum absolute atomic E-state index is 6.14. The van der Waals surface area contributed by atoms with E-state index >= 15 is 0 Å². The lowest BCUT2D eigenvalue weighted by molar-refractivity contribution is 0.194. The summed E-state index contributed by atoms with van der Waals surface area (Å²) >= 11 is 0. The number of ether oxygens (including phenoxy) is 1. The van der Waals surface area contributed by atoms with Gasteiger partial charge >= 0.3 is 0 Å². The van der Waals surface area contributed by atoms with Crippen LogP contribution in [0.25, 0.3) is 11.0 Å². The van der Waals surface area contributed by atoms with Crippen molar-refractivity contribution in [2.75, 3.05) is 13.6 Å². The van der Waals surface area contributed by atoms with Crippen molar-refractivity contribution in [3.63, 3.8) is 0 Å². The summed E-state index contributed by atoms with van der Waals surface area (Å²) in [5.41, 5.74) is 1.81. The molecule has 3 aromatic rings. The highest BCUT2D eigenvalue weighted by molar-refractivity contribution is 5.82. The predicted octanol–water partition coefficient (Wildman–Crippen LogP) is 3.76. The molecule has 4 heteroatoms. The SMILES string of the molecule is CNCC[C@H](Oc1cccc2ccoc12)c1ccoc1. The van der Waals surface area contributed by atoms with E-state index in [-0.39, 0.29) is 6.10 Å². The molecule has 0 amide bonds. The topological polar surface area (TPSA) is 47.5 Å². The van der Waals surface area contributed by atoms with Gasteiger partial charge in [0.2, 0.25) is 0 Å². The van der Waals surface area contributed by atoms with Gasteiger partial charge in [0.15, 0.2) is 11.3 Å². The monoisotopic (exact) mass is 271 g/mol. The predicted molar refractivity (Wildman–Crippen MR) is 76.8 cm³/mol. The third kappa shape index (κ3) is 2.56. The zero-order chi connectivity index (χ0) is 13.8. The highest BCUT2D eigenvalue weighted by Gasteiger charge is 2.16. The van der Waals surface area contributed by atoms with E-state index in [1.807, 2.05) is 37.4 Å². The van der Waals surface area contributed by atoms with E-state index in [2.05, 4.69) is 5.32 Å². The second-order valence-corrected chi connectivity index (χ2v) is 4.65. The summed E-state index contributed by atoms with van der Waals surface area (Å²) in [6, 6.07) is 9.77. The first-order chi connectivity index (χ1) is 9.88. The van der Waals surface area contributed by atoms with E-state index in [1.165, 1.54) is 0 Å². The van der Waals surface area contributed by atoms with Crippen LogP contribution in [0.5, 0.6) is 5.75 Å². The van der Waals surface area contributed by atoms with Crippen LogP contribution in [0.2, 0.25) is 0 Å². The molecular formula is C16H17NO3. The summed E-state index contributed by atoms with van der Waals surface area (Å²) < 4.78 is 16.8. The second-order valence-electron chi connectivity index (χ2n) is 4.65. The number of hydrogen-bond donors (Lipinski definition) is 1. The van der Waals surface area contributed by atoms with Gasteiger partial charge in [0.1, 0.15) is 6.10 Å². The first kappa shape index (κ1) is 12.8. The van der Waals surface area contributed by atoms with Crippen LogP contribution < -0.4 is 10.1 Å². The molecule has 0 unspecified atom stereocenters. The molecule has 0 fully saturated rings. The van der Waals surface area contributed by atoms with Crippen LogP contribution in [0.15, 0.2) is 58.0 Å². The number of furan rings is 2. The summed E-state index contributed by atoms with van der Waals surface area (Å²) in [7, 11) is 1.93. The fourth-order valence-electron chi connectivity index (χ4n) is 2.24. The van der Waals surface area contributed by atoms with Gasteiger partial charge < -0.3 is 18.9 Å². The Morgan fingerprint density at radius 3 is 2.95 bits per heavy atom. The lowest BCUT2D eigenvalue weighted by Crippen LogP contribution is -2.15. The third-order valence-corrected chi connectivity index (χ3v) is 3.28. The molecule has 0 saturated carbocycles. The summed E-state index contributed by atoms with van der Waals surface area (Å²) in [4.78, 5) is 0. The minimum absolute atomic E-state index is 0.0584. The number of rotatable bonds is 6. The minimum Gasteiger partial charge on any atom is -0.482 e. The first-order valence-electron chi connectivity index (χ1n) is 6.68. The Balaban J connectivity index is 1.87. The smallest absolute Gasteiger partial charge is 0.175 e. The van der Waals surface area contributed by atoms with Crippen molar-refractivity contribution in [1.82, 2.24) is 5.32 Å². The molecule has 1 aromatic carbocycles. The van der Waals surface area contributed by atoms with Crippen molar-refractivity contribution in [2.45, 2.75) is 12.5 Å². The largest absolute Gasteiger partial charge is 0.482 e. The molecule has 104 valence electrons. The quantitative estimate of drug-likeness (QED) is 0.741. The molecule has 2 aromatic heterocycles. The van der Waals surface area contributed by atoms with Gasteiger partial charge in [0.05, 0.1) is 18.8 Å². The molecule has 0 saturated heterocycles. The van der Waals surface area contributed by atoms with Gasteiger partial charge in [-0.1, -0.05) is 12.1 Å². The molecule has 20 heavy (non-hydrogen) atoms. The van der Waals surface area contributed by atoms with Crippen LogP contribution in [0.4, 0.5) is 0 Å². The van der Waals surface area contributed by atoms with Gasteiger partial charge in [0, 0.05) is 17.4 Å². The van der Waals surface area contributed by atoms with Crippen LogP contribution in [0, 0.1) is 0 Å². The Kier molecular flexibility index (Phi) is 3.74. The van der Waals surface area contributed by atoms with E-state index in [0.717, 1.165) is 35.2 Å². The number of nitrogens with one attached hydrogen (secondary N) is 1. The number of benzene rings is 1. The van der Waals surface area contributed by atoms with Gasteiger partial charge in [-0.3, -0.25) is 0 Å². The van der Waals surface area contributed by atoms with Crippen molar-refractivity contribution < 1.29 is 13.6 Å². The zero-order valence-electron chi connectivity index (χ0n) is 11.3. The fraction of sp³-hybridized carbons (Fsp3) is 0.250. The van der Waals surface area contributed by atoms with E-state index in [4.69, 9.17) is 13.6 Å². The molecule has 0 radical (unpaired) electrons. The van der Waals surface area contributed by atoms with Gasteiger partial charge in [-0.25, -0.2) is 0 Å². The number of hydrogen-bond acceptors (Lipinski definition) is 4. The zero-order valence-corrected chi connectivity index (χ0v) is 11.3. The summed E-state index contributed by atoms with van der Waals surface area (Å²) in [6.07, 6.45) is 5.86. The highest BCUT2D eigenvalue weighted by atomic mass is 16.5. The lowest BCUT2D eigenvalue weighted by atomic mass is 10.1. The average molecular weight is 271 g/mol. The highest BCUT2D eigenvalue weighted by Crippen LogP contribution is 2.31. The van der Waals surface area contributed by atoms with Crippen LogP contribution in [0.3, 0.4) is 0 Å². The Labute approximate surface area is 117 Å². The Morgan fingerprint density at radius 1 is 1.20 bits per heavy atom. The fourth-order valence-corrected chi connectivity index (χ4v) is 2.24. The molecule has 0 bridgehead atoms. The summed E-state index contributed by atoms with van der Waals surface area (Å²) in [6.45, 7) is 0.865. The van der Waals surface area contributed by atoms with Gasteiger partial charge in [-0.2, -0.15) is 0 Å². The van der Waals surface area contributed by atoms with E-state index in [0.29, 0.717) is 0 Å². The Hall–Kier alpha value is -2.20. The second kappa shape index (κ2) is 5.84. The standard InChI is InChI=1S/C16H17NO3/c1-17-8-5-14(13-6-9-18-11-13)20-15-4-2-3-12-7-10-19-16(12)15/h2-4,6-7,9-11,14,17H,5,8H2,1H3/t14-/m0/s1. The van der Waals surface area contributed by atoms with Crippen LogP contribution in [0.1, 0.15) is 18.1 Å². The molecule has 0 aliphatic rings. The molecule has 4 nitrogen and oxygen atoms in total. The minimum atomic E-state index is -0.0584. The Bertz CT molecular complexity index is 657. The Morgan fingerprint density at radius 2 is 2.15 bits per heavy atom. The molecule has 3 rings (SSSR count). The van der Waals surface area contributed by atoms with E-state index in [1.54, 1.807) is 18.8 Å². The molecule has 1 atom stereocenters. The van der Waals surface area contributed by atoms with Crippen molar-refractivity contribution in [2.24, 2.45) is 0 Å². The van der Waals surface area contributed by atoms with Gasteiger partial charge in [-0.05, 0) is 31.8 Å². The number of para-hydroxylation sites is 1. The van der Waals surface area contributed by atoms with Crippen LogP contribution in [-0.4, -0.2) is 13.6 Å². The summed E-state index contributed by atoms with van der Waals surface area (Å²) in [5, 5.41) is 4.19. The van der Waals surface area contributed by atoms with Crippen molar-refractivity contribution in [1.29, 1.82) is 0 Å². The maximum atomic E-state index is 6.14. The van der Waals surface area contributed by atoms with Crippen LogP contribution in [-0.2, 0) is 0 Å². The molecule has 0 spiro atoms. The molecule has 2 heterocycles. The van der Waals surface area contributed by atoms with Gasteiger partial charge in [-0.15, -0.1) is 0 Å². The molecular weight excluding hydrogens is 254 g/mol. The first-order valence-corrected chi connectivity index (χ1v) is 6.68. The van der Waals surface area contributed by atoms with Gasteiger partial charge in [0.25, 0.3) is 0 Å². The summed E-state index contributed by atoms with van der Waals surface area (Å²) in [5.74, 6) is 0.759. The van der Waals surface area contributed by atoms with Crippen molar-refractivity contribution in [3.05, 3.63) is 54.7 Å². The van der Waals surface area contributed by atoms with Crippen LogP contribution >= 0.6 is 0 Å². The molecule has 0 aliphatic carbocycles. The molecule has 1 N–H and O–H groups in total. The van der Waals surface area contributed by atoms with E-state index < -0.39 is 0 Å². The maximum Gasteiger partial charge on any atom is 0.175 e. The van der Waals surface area contributed by atoms with Crippen molar-refractivity contribution in [3.8, 4) is 5.75 Å². The molecule has 0 aliphatic heterocycles. The van der Waals surface area contributed by atoms with Crippen molar-refractivity contribution >= 4 is 11.0 Å².